The zero-order chi connectivity index (χ0) is 13.4. The fraction of sp³-hybridized carbons (Fsp3) is 0.312. The molecule has 1 nitrogen and oxygen atoms in total. The fourth-order valence-electron chi connectivity index (χ4n) is 2.78. The summed E-state index contributed by atoms with van der Waals surface area (Å²) in [5, 5.41) is 2.12. The van der Waals surface area contributed by atoms with Gasteiger partial charge in [-0.1, -0.05) is 18.2 Å². The molecule has 0 aliphatic heterocycles. The second-order valence-corrected chi connectivity index (χ2v) is 7.12. The van der Waals surface area contributed by atoms with Crippen LogP contribution >= 0.6 is 33.9 Å². The van der Waals surface area contributed by atoms with E-state index in [-0.39, 0.29) is 5.92 Å². The van der Waals surface area contributed by atoms with Crippen LogP contribution in [0.5, 0.6) is 0 Å². The Morgan fingerprint density at radius 3 is 3.05 bits per heavy atom. The predicted molar refractivity (Wildman–Crippen MR) is 88.2 cm³/mol. The minimum Gasteiger partial charge on any atom is -0.293 e. The van der Waals surface area contributed by atoms with Gasteiger partial charge >= 0.3 is 0 Å². The fourth-order valence-corrected chi connectivity index (χ4v) is 4.40. The van der Waals surface area contributed by atoms with Crippen LogP contribution in [0.3, 0.4) is 0 Å². The van der Waals surface area contributed by atoms with E-state index in [0.29, 0.717) is 5.78 Å². The van der Waals surface area contributed by atoms with Crippen molar-refractivity contribution < 1.29 is 4.79 Å². The SMILES string of the molecule is Cc1cccc(C(=O)C2CCCc3sccc32)c1I. The maximum Gasteiger partial charge on any atom is 0.171 e. The van der Waals surface area contributed by atoms with Crippen molar-refractivity contribution in [2.45, 2.75) is 32.1 Å². The molecule has 0 spiro atoms. The number of Topliss-reactive ketones (excluding diaryl/α,β-unsaturated/α-hetero) is 1. The van der Waals surface area contributed by atoms with Crippen molar-refractivity contribution >= 4 is 39.7 Å². The second kappa shape index (κ2) is 5.37. The van der Waals surface area contributed by atoms with Crippen LogP contribution in [0.2, 0.25) is 0 Å². The highest BCUT2D eigenvalue weighted by Crippen LogP contribution is 2.37. The van der Waals surface area contributed by atoms with Crippen LogP contribution < -0.4 is 0 Å². The summed E-state index contributed by atoms with van der Waals surface area (Å²) in [5.41, 5.74) is 3.36. The summed E-state index contributed by atoms with van der Waals surface area (Å²) in [4.78, 5) is 14.2. The van der Waals surface area contributed by atoms with Crippen LogP contribution in [-0.2, 0) is 6.42 Å². The average molecular weight is 382 g/mol. The summed E-state index contributed by atoms with van der Waals surface area (Å²) < 4.78 is 1.10. The highest BCUT2D eigenvalue weighted by atomic mass is 127. The molecule has 2 aromatic rings. The van der Waals surface area contributed by atoms with Gasteiger partial charge in [-0.3, -0.25) is 4.79 Å². The zero-order valence-corrected chi connectivity index (χ0v) is 13.8. The van der Waals surface area contributed by atoms with E-state index in [0.717, 1.165) is 28.4 Å². The van der Waals surface area contributed by atoms with Crippen LogP contribution in [0, 0.1) is 10.5 Å². The first-order valence-corrected chi connectivity index (χ1v) is 8.50. The Hall–Kier alpha value is -0.680. The Kier molecular flexibility index (Phi) is 3.76. The molecule has 0 fully saturated rings. The van der Waals surface area contributed by atoms with Gasteiger partial charge in [-0.15, -0.1) is 11.3 Å². The normalized spacial score (nSPS) is 18.1. The lowest BCUT2D eigenvalue weighted by molar-refractivity contribution is 0.0950. The van der Waals surface area contributed by atoms with Crippen molar-refractivity contribution in [3.8, 4) is 0 Å². The number of ketones is 1. The summed E-state index contributed by atoms with van der Waals surface area (Å²) in [6.07, 6.45) is 3.26. The first kappa shape index (κ1) is 13.3. The summed E-state index contributed by atoms with van der Waals surface area (Å²) in [6.45, 7) is 2.06. The molecule has 1 heterocycles. The number of aryl methyl sites for hydroxylation is 2. The van der Waals surface area contributed by atoms with Crippen molar-refractivity contribution in [1.82, 2.24) is 0 Å². The van der Waals surface area contributed by atoms with Gasteiger partial charge in [0.1, 0.15) is 0 Å². The number of hydrogen-bond acceptors (Lipinski definition) is 2. The Balaban J connectivity index is 2.00. The van der Waals surface area contributed by atoms with Crippen molar-refractivity contribution in [2.24, 2.45) is 0 Å². The number of carbonyl (C=O) groups is 1. The molecule has 1 unspecified atom stereocenters. The number of halogens is 1. The largest absolute Gasteiger partial charge is 0.293 e. The second-order valence-electron chi connectivity index (χ2n) is 5.04. The molecule has 3 heteroatoms. The lowest BCUT2D eigenvalue weighted by Gasteiger charge is -2.22. The van der Waals surface area contributed by atoms with Crippen LogP contribution in [0.4, 0.5) is 0 Å². The van der Waals surface area contributed by atoms with Gasteiger partial charge in [0, 0.05) is 19.9 Å². The van der Waals surface area contributed by atoms with E-state index in [1.165, 1.54) is 16.0 Å². The summed E-state index contributed by atoms with van der Waals surface area (Å²) >= 11 is 4.09. The summed E-state index contributed by atoms with van der Waals surface area (Å²) in [7, 11) is 0. The molecule has 0 saturated heterocycles. The third-order valence-electron chi connectivity index (χ3n) is 3.83. The Morgan fingerprint density at radius 1 is 1.37 bits per heavy atom. The number of hydrogen-bond donors (Lipinski definition) is 0. The molecule has 1 aromatic carbocycles. The van der Waals surface area contributed by atoms with Crippen molar-refractivity contribution in [1.29, 1.82) is 0 Å². The molecule has 1 aliphatic rings. The van der Waals surface area contributed by atoms with E-state index in [1.54, 1.807) is 11.3 Å². The van der Waals surface area contributed by atoms with E-state index >= 15 is 0 Å². The minimum absolute atomic E-state index is 0.0744. The molecule has 0 radical (unpaired) electrons. The van der Waals surface area contributed by atoms with Gasteiger partial charge in [-0.2, -0.15) is 0 Å². The molecular formula is C16H15IOS. The average Bonchev–Trinajstić information content (AvgIpc) is 2.89. The van der Waals surface area contributed by atoms with Gasteiger partial charge in [0.2, 0.25) is 0 Å². The number of fused-ring (bicyclic) bond motifs is 1. The minimum atomic E-state index is 0.0744. The molecule has 3 rings (SSSR count). The molecule has 19 heavy (non-hydrogen) atoms. The highest BCUT2D eigenvalue weighted by Gasteiger charge is 2.29. The first-order valence-electron chi connectivity index (χ1n) is 6.54. The monoisotopic (exact) mass is 382 g/mol. The highest BCUT2D eigenvalue weighted by molar-refractivity contribution is 14.1. The lowest BCUT2D eigenvalue weighted by atomic mass is 9.82. The quantitative estimate of drug-likeness (QED) is 0.530. The maximum absolute atomic E-state index is 12.8. The van der Waals surface area contributed by atoms with Gasteiger partial charge in [-0.25, -0.2) is 0 Å². The molecule has 1 aromatic heterocycles. The van der Waals surface area contributed by atoms with E-state index in [1.807, 2.05) is 12.1 Å². The van der Waals surface area contributed by atoms with Gasteiger partial charge in [0.25, 0.3) is 0 Å². The maximum atomic E-state index is 12.8. The van der Waals surface area contributed by atoms with Gasteiger partial charge in [-0.05, 0) is 71.4 Å². The van der Waals surface area contributed by atoms with Crippen LogP contribution in [0.15, 0.2) is 29.6 Å². The molecule has 98 valence electrons. The van der Waals surface area contributed by atoms with Gasteiger partial charge in [0.15, 0.2) is 5.78 Å². The molecule has 0 saturated carbocycles. The van der Waals surface area contributed by atoms with E-state index < -0.39 is 0 Å². The first-order chi connectivity index (χ1) is 9.18. The van der Waals surface area contributed by atoms with Crippen LogP contribution in [0.25, 0.3) is 0 Å². The topological polar surface area (TPSA) is 17.1 Å². The number of carbonyl (C=O) groups excluding carboxylic acids is 1. The Bertz CT molecular complexity index is 629. The van der Waals surface area contributed by atoms with Gasteiger partial charge < -0.3 is 0 Å². The Morgan fingerprint density at radius 2 is 2.21 bits per heavy atom. The van der Waals surface area contributed by atoms with Crippen molar-refractivity contribution in [2.75, 3.05) is 0 Å². The van der Waals surface area contributed by atoms with Crippen LogP contribution in [0.1, 0.15) is 45.1 Å². The number of thiophene rings is 1. The third kappa shape index (κ3) is 2.38. The predicted octanol–water partition coefficient (Wildman–Crippen LogP) is 4.96. The third-order valence-corrected chi connectivity index (χ3v) is 6.25. The van der Waals surface area contributed by atoms with E-state index in [9.17, 15) is 4.79 Å². The standard InChI is InChI=1S/C16H15IOS/c1-10-4-2-6-13(15(10)17)16(18)12-5-3-7-14-11(12)8-9-19-14/h2,4,6,8-9,12H,3,5,7H2,1H3. The Labute approximate surface area is 131 Å². The molecule has 0 bridgehead atoms. The molecule has 1 aliphatic carbocycles. The molecule has 0 amide bonds. The van der Waals surface area contributed by atoms with Gasteiger partial charge in [0.05, 0.1) is 0 Å². The smallest absolute Gasteiger partial charge is 0.171 e. The van der Waals surface area contributed by atoms with Crippen molar-refractivity contribution in [3.05, 3.63) is 54.8 Å². The molecule has 1 atom stereocenters. The number of benzene rings is 1. The van der Waals surface area contributed by atoms with E-state index in [4.69, 9.17) is 0 Å². The summed E-state index contributed by atoms with van der Waals surface area (Å²) in [6, 6.07) is 8.17. The molecular weight excluding hydrogens is 367 g/mol. The zero-order valence-electron chi connectivity index (χ0n) is 10.8. The molecule has 0 N–H and O–H groups in total. The number of rotatable bonds is 2. The van der Waals surface area contributed by atoms with Crippen LogP contribution in [-0.4, -0.2) is 5.78 Å². The van der Waals surface area contributed by atoms with E-state index in [2.05, 4.69) is 47.0 Å². The lowest BCUT2D eigenvalue weighted by Crippen LogP contribution is -2.18. The van der Waals surface area contributed by atoms with Crippen molar-refractivity contribution in [3.63, 3.8) is 0 Å². The summed E-state index contributed by atoms with van der Waals surface area (Å²) in [5.74, 6) is 0.373.